The Bertz CT molecular complexity index is 597. The molecule has 1 aliphatic carbocycles. The van der Waals surface area contributed by atoms with Crippen LogP contribution in [0.4, 0.5) is 0 Å². The van der Waals surface area contributed by atoms with E-state index in [1.807, 2.05) is 0 Å². The SMILES string of the molecule is CN(C)CC1=C(N2CCCCC2)C=CC2C(CCC3CCNCC3)=NOC12. The van der Waals surface area contributed by atoms with Gasteiger partial charge in [0.1, 0.15) is 0 Å². The highest BCUT2D eigenvalue weighted by molar-refractivity contribution is 5.90. The number of fused-ring (bicyclic) bond motifs is 1. The lowest BCUT2D eigenvalue weighted by Gasteiger charge is -2.36. The first-order chi connectivity index (χ1) is 13.2. The van der Waals surface area contributed by atoms with Crippen molar-refractivity contribution in [2.75, 3.05) is 46.8 Å². The summed E-state index contributed by atoms with van der Waals surface area (Å²) in [7, 11) is 4.31. The molecule has 2 atom stereocenters. The maximum Gasteiger partial charge on any atom is 0.163 e. The number of piperidine rings is 2. The second kappa shape index (κ2) is 8.78. The Morgan fingerprint density at radius 2 is 1.96 bits per heavy atom. The van der Waals surface area contributed by atoms with Crippen LogP contribution >= 0.6 is 0 Å². The quantitative estimate of drug-likeness (QED) is 0.778. The summed E-state index contributed by atoms with van der Waals surface area (Å²) in [6.07, 6.45) is 13.8. The van der Waals surface area contributed by atoms with Crippen molar-refractivity contribution in [3.8, 4) is 0 Å². The fourth-order valence-electron chi connectivity index (χ4n) is 5.06. The van der Waals surface area contributed by atoms with Gasteiger partial charge in [0.25, 0.3) is 0 Å². The Hall–Kier alpha value is -1.33. The molecule has 5 nitrogen and oxygen atoms in total. The second-order valence-corrected chi connectivity index (χ2v) is 8.92. The number of oxime groups is 1. The van der Waals surface area contributed by atoms with Gasteiger partial charge in [0.05, 0.1) is 11.6 Å². The first-order valence-electron chi connectivity index (χ1n) is 11.0. The smallest absolute Gasteiger partial charge is 0.163 e. The Labute approximate surface area is 164 Å². The van der Waals surface area contributed by atoms with E-state index in [1.165, 1.54) is 81.7 Å². The predicted octanol–water partition coefficient (Wildman–Crippen LogP) is 3.01. The number of rotatable bonds is 6. The molecule has 0 aromatic rings. The maximum atomic E-state index is 6.06. The summed E-state index contributed by atoms with van der Waals surface area (Å²) in [6.45, 7) is 5.66. The van der Waals surface area contributed by atoms with E-state index < -0.39 is 0 Å². The molecule has 27 heavy (non-hydrogen) atoms. The van der Waals surface area contributed by atoms with E-state index >= 15 is 0 Å². The van der Waals surface area contributed by atoms with Gasteiger partial charge in [-0.05, 0) is 84.1 Å². The van der Waals surface area contributed by atoms with Gasteiger partial charge >= 0.3 is 0 Å². The van der Waals surface area contributed by atoms with Crippen LogP contribution in [0.3, 0.4) is 0 Å². The third-order valence-electron chi connectivity index (χ3n) is 6.58. The fraction of sp³-hybridized carbons (Fsp3) is 0.773. The van der Waals surface area contributed by atoms with Gasteiger partial charge in [-0.15, -0.1) is 0 Å². The van der Waals surface area contributed by atoms with Crippen LogP contribution in [0.2, 0.25) is 0 Å². The van der Waals surface area contributed by atoms with Gasteiger partial charge in [0, 0.05) is 30.9 Å². The number of likely N-dealkylation sites (tertiary alicyclic amines) is 1. The van der Waals surface area contributed by atoms with Gasteiger partial charge in [-0.25, -0.2) is 0 Å². The van der Waals surface area contributed by atoms with E-state index in [1.54, 1.807) is 0 Å². The zero-order valence-corrected chi connectivity index (χ0v) is 17.1. The lowest BCUT2D eigenvalue weighted by atomic mass is 9.82. The Morgan fingerprint density at radius 3 is 2.70 bits per heavy atom. The minimum Gasteiger partial charge on any atom is -0.387 e. The van der Waals surface area contributed by atoms with Gasteiger partial charge in [0.2, 0.25) is 0 Å². The van der Waals surface area contributed by atoms with Crippen molar-refractivity contribution in [2.24, 2.45) is 17.0 Å². The van der Waals surface area contributed by atoms with Gasteiger partial charge in [-0.3, -0.25) is 0 Å². The van der Waals surface area contributed by atoms with Crippen molar-refractivity contribution in [1.82, 2.24) is 15.1 Å². The highest BCUT2D eigenvalue weighted by Gasteiger charge is 2.39. The third-order valence-corrected chi connectivity index (χ3v) is 6.58. The van der Waals surface area contributed by atoms with Gasteiger partial charge < -0.3 is 20.0 Å². The summed E-state index contributed by atoms with van der Waals surface area (Å²) in [5.74, 6) is 1.19. The molecule has 4 rings (SSSR count). The molecule has 2 unspecified atom stereocenters. The van der Waals surface area contributed by atoms with E-state index in [4.69, 9.17) is 4.84 Å². The molecular formula is C22H36N4O. The third kappa shape index (κ3) is 4.40. The van der Waals surface area contributed by atoms with E-state index in [2.05, 4.69) is 46.5 Å². The van der Waals surface area contributed by atoms with Gasteiger partial charge in [0.15, 0.2) is 6.10 Å². The number of likely N-dealkylation sites (N-methyl/N-ethyl adjacent to an activating group) is 1. The van der Waals surface area contributed by atoms with Crippen LogP contribution in [0, 0.1) is 11.8 Å². The van der Waals surface area contributed by atoms with Crippen molar-refractivity contribution in [1.29, 1.82) is 0 Å². The van der Waals surface area contributed by atoms with Crippen LogP contribution in [-0.4, -0.2) is 68.4 Å². The molecular weight excluding hydrogens is 336 g/mol. The van der Waals surface area contributed by atoms with Crippen molar-refractivity contribution in [3.63, 3.8) is 0 Å². The summed E-state index contributed by atoms with van der Waals surface area (Å²) in [4.78, 5) is 10.9. The van der Waals surface area contributed by atoms with Gasteiger partial charge in [-0.1, -0.05) is 11.2 Å². The van der Waals surface area contributed by atoms with Crippen LogP contribution in [0.1, 0.15) is 44.9 Å². The largest absolute Gasteiger partial charge is 0.387 e. The van der Waals surface area contributed by atoms with Crippen molar-refractivity contribution < 1.29 is 4.84 Å². The zero-order valence-electron chi connectivity index (χ0n) is 17.1. The molecule has 150 valence electrons. The molecule has 0 radical (unpaired) electrons. The molecule has 2 saturated heterocycles. The number of nitrogens with one attached hydrogen (secondary N) is 1. The summed E-state index contributed by atoms with van der Waals surface area (Å²) in [5, 5.41) is 8.05. The van der Waals surface area contributed by atoms with E-state index in [-0.39, 0.29) is 6.10 Å². The van der Waals surface area contributed by atoms with Gasteiger partial charge in [-0.2, -0.15) is 0 Å². The molecule has 0 aromatic carbocycles. The van der Waals surface area contributed by atoms with Crippen molar-refractivity contribution in [2.45, 2.75) is 51.0 Å². The first kappa shape index (κ1) is 19.0. The summed E-state index contributed by atoms with van der Waals surface area (Å²) >= 11 is 0. The molecule has 0 aromatic heterocycles. The lowest BCUT2D eigenvalue weighted by Crippen LogP contribution is -2.38. The van der Waals surface area contributed by atoms with Crippen LogP contribution in [0.25, 0.3) is 0 Å². The minimum absolute atomic E-state index is 0.109. The highest BCUT2D eigenvalue weighted by Crippen LogP contribution is 2.36. The first-order valence-corrected chi connectivity index (χ1v) is 11.0. The predicted molar refractivity (Wildman–Crippen MR) is 111 cm³/mol. The maximum absolute atomic E-state index is 6.06. The fourth-order valence-corrected chi connectivity index (χ4v) is 5.06. The topological polar surface area (TPSA) is 40.1 Å². The molecule has 5 heteroatoms. The van der Waals surface area contributed by atoms with Crippen LogP contribution in [0.5, 0.6) is 0 Å². The monoisotopic (exact) mass is 372 g/mol. The van der Waals surface area contributed by atoms with Crippen LogP contribution in [0.15, 0.2) is 28.6 Å². The second-order valence-electron chi connectivity index (χ2n) is 8.92. The summed E-state index contributed by atoms with van der Waals surface area (Å²) in [6, 6.07) is 0. The van der Waals surface area contributed by atoms with Crippen LogP contribution in [-0.2, 0) is 4.84 Å². The molecule has 3 heterocycles. The number of nitrogens with zero attached hydrogens (tertiary/aromatic N) is 3. The molecule has 4 aliphatic rings. The molecule has 0 spiro atoms. The Balaban J connectivity index is 1.45. The summed E-state index contributed by atoms with van der Waals surface area (Å²) < 4.78 is 0. The highest BCUT2D eigenvalue weighted by atomic mass is 16.6. The summed E-state index contributed by atoms with van der Waals surface area (Å²) in [5.41, 5.74) is 4.10. The standard InChI is InChI=1S/C22H36N4O/c1-25(2)16-19-21(26-14-4-3-5-15-26)9-7-18-20(24-27-22(18)19)8-6-17-10-12-23-13-11-17/h7,9,17-18,22-23H,3-6,8,10-16H2,1-2H3. The van der Waals surface area contributed by atoms with E-state index in [9.17, 15) is 0 Å². The van der Waals surface area contributed by atoms with Crippen molar-refractivity contribution >= 4 is 5.71 Å². The Morgan fingerprint density at radius 1 is 1.19 bits per heavy atom. The molecule has 0 bridgehead atoms. The number of hydrogen-bond donors (Lipinski definition) is 1. The van der Waals surface area contributed by atoms with Crippen molar-refractivity contribution in [3.05, 3.63) is 23.4 Å². The van der Waals surface area contributed by atoms with Crippen LogP contribution < -0.4 is 5.32 Å². The average molecular weight is 373 g/mol. The molecule has 0 saturated carbocycles. The van der Waals surface area contributed by atoms with E-state index in [0.29, 0.717) is 5.92 Å². The molecule has 0 amide bonds. The minimum atomic E-state index is 0.109. The average Bonchev–Trinajstić information content (AvgIpc) is 3.11. The number of allylic oxidation sites excluding steroid dienone is 1. The number of hydrogen-bond acceptors (Lipinski definition) is 5. The van der Waals surface area contributed by atoms with E-state index in [0.717, 1.165) is 18.9 Å². The lowest BCUT2D eigenvalue weighted by molar-refractivity contribution is 0.0877. The molecule has 3 aliphatic heterocycles. The normalized spacial score (nSPS) is 29.1. The molecule has 1 N–H and O–H groups in total. The zero-order chi connectivity index (χ0) is 18.6. The Kier molecular flexibility index (Phi) is 6.18. The molecule has 2 fully saturated rings.